The predicted octanol–water partition coefficient (Wildman–Crippen LogP) is 11.4. The quantitative estimate of drug-likeness (QED) is 0.190. The average Bonchev–Trinajstić information content (AvgIpc) is 3.70. The number of para-hydroxylation sites is 2. The lowest BCUT2D eigenvalue weighted by atomic mass is 9.94. The van der Waals surface area contributed by atoms with Crippen molar-refractivity contribution in [3.05, 3.63) is 127 Å². The van der Waals surface area contributed by atoms with E-state index in [9.17, 15) is 0 Å². The summed E-state index contributed by atoms with van der Waals surface area (Å²) in [6.07, 6.45) is 0. The molecule has 0 aliphatic heterocycles. The lowest BCUT2D eigenvalue weighted by Gasteiger charge is -2.13. The Morgan fingerprint density at radius 1 is 0.439 bits per heavy atom. The fourth-order valence-corrected chi connectivity index (χ4v) is 8.22. The van der Waals surface area contributed by atoms with Crippen LogP contribution in [-0.2, 0) is 0 Å². The fourth-order valence-electron chi connectivity index (χ4n) is 7.10. The number of aromatic nitrogens is 1. The highest BCUT2D eigenvalue weighted by molar-refractivity contribution is 7.26. The van der Waals surface area contributed by atoms with E-state index in [0.717, 1.165) is 27.6 Å². The van der Waals surface area contributed by atoms with Gasteiger partial charge in [0.25, 0.3) is 0 Å². The number of thiophene rings is 1. The van der Waals surface area contributed by atoms with Gasteiger partial charge in [0.1, 0.15) is 11.2 Å². The Morgan fingerprint density at radius 3 is 1.98 bits per heavy atom. The third-order valence-corrected chi connectivity index (χ3v) is 9.90. The van der Waals surface area contributed by atoms with E-state index < -0.39 is 0 Å². The SMILES string of the molecule is c1ccc2c(c1)oc1cc(-n3c4ccccc4c4c5ccccc5c5c(ccc6sc7ccccc7c65)c43)ccc12. The van der Waals surface area contributed by atoms with E-state index in [1.807, 2.05) is 23.5 Å². The first-order valence-corrected chi connectivity index (χ1v) is 14.8. The van der Waals surface area contributed by atoms with E-state index in [-0.39, 0.29) is 0 Å². The molecule has 0 spiro atoms. The Labute approximate surface area is 238 Å². The van der Waals surface area contributed by atoms with Crippen molar-refractivity contribution in [3.8, 4) is 5.69 Å². The molecular weight excluding hydrogens is 518 g/mol. The van der Waals surface area contributed by atoms with Gasteiger partial charge in [-0.2, -0.15) is 0 Å². The molecule has 0 aliphatic rings. The molecule has 0 saturated heterocycles. The van der Waals surface area contributed by atoms with Gasteiger partial charge in [-0.25, -0.2) is 0 Å². The molecule has 0 fully saturated rings. The fraction of sp³-hybridized carbons (Fsp3) is 0. The lowest BCUT2D eigenvalue weighted by molar-refractivity contribution is 0.668. The highest BCUT2D eigenvalue weighted by Crippen LogP contribution is 2.47. The molecule has 3 heterocycles. The van der Waals surface area contributed by atoms with Crippen LogP contribution in [0.3, 0.4) is 0 Å². The van der Waals surface area contributed by atoms with E-state index in [2.05, 4.69) is 120 Å². The lowest BCUT2D eigenvalue weighted by Crippen LogP contribution is -1.95. The number of furan rings is 1. The third-order valence-electron chi connectivity index (χ3n) is 8.76. The molecule has 10 aromatic rings. The zero-order valence-corrected chi connectivity index (χ0v) is 22.7. The Balaban J connectivity index is 1.46. The molecule has 7 aromatic carbocycles. The van der Waals surface area contributed by atoms with Gasteiger partial charge in [-0.15, -0.1) is 11.3 Å². The van der Waals surface area contributed by atoms with Gasteiger partial charge in [-0.05, 0) is 47.2 Å². The van der Waals surface area contributed by atoms with Crippen molar-refractivity contribution in [2.75, 3.05) is 0 Å². The second kappa shape index (κ2) is 7.75. The summed E-state index contributed by atoms with van der Waals surface area (Å²) in [7, 11) is 0. The number of fused-ring (bicyclic) bond motifs is 15. The van der Waals surface area contributed by atoms with E-state index in [0.29, 0.717) is 0 Å². The molecule has 190 valence electrons. The molecule has 0 saturated carbocycles. The molecular formula is C38H21NOS. The summed E-state index contributed by atoms with van der Waals surface area (Å²) in [4.78, 5) is 0. The molecule has 0 atom stereocenters. The van der Waals surface area contributed by atoms with Crippen molar-refractivity contribution in [2.24, 2.45) is 0 Å². The van der Waals surface area contributed by atoms with Gasteiger partial charge >= 0.3 is 0 Å². The molecule has 0 N–H and O–H groups in total. The molecule has 0 unspecified atom stereocenters. The number of hydrogen-bond acceptors (Lipinski definition) is 2. The largest absolute Gasteiger partial charge is 0.456 e. The van der Waals surface area contributed by atoms with Gasteiger partial charge in [-0.3, -0.25) is 0 Å². The zero-order valence-electron chi connectivity index (χ0n) is 21.9. The number of rotatable bonds is 1. The Morgan fingerprint density at radius 2 is 1.10 bits per heavy atom. The topological polar surface area (TPSA) is 18.1 Å². The summed E-state index contributed by atoms with van der Waals surface area (Å²) in [5.74, 6) is 0. The van der Waals surface area contributed by atoms with E-state index >= 15 is 0 Å². The first-order valence-electron chi connectivity index (χ1n) is 13.9. The van der Waals surface area contributed by atoms with Gasteiger partial charge in [0.15, 0.2) is 0 Å². The predicted molar refractivity (Wildman–Crippen MR) is 176 cm³/mol. The minimum Gasteiger partial charge on any atom is -0.456 e. The molecule has 10 rings (SSSR count). The molecule has 2 nitrogen and oxygen atoms in total. The van der Waals surface area contributed by atoms with Crippen LogP contribution in [0.2, 0.25) is 0 Å². The van der Waals surface area contributed by atoms with E-state index in [1.165, 1.54) is 63.5 Å². The molecule has 0 radical (unpaired) electrons. The van der Waals surface area contributed by atoms with Crippen molar-refractivity contribution in [2.45, 2.75) is 0 Å². The van der Waals surface area contributed by atoms with Gasteiger partial charge in [0.05, 0.1) is 11.0 Å². The van der Waals surface area contributed by atoms with E-state index in [1.54, 1.807) is 0 Å². The first-order chi connectivity index (χ1) is 20.3. The molecule has 41 heavy (non-hydrogen) atoms. The minimum atomic E-state index is 0.908. The van der Waals surface area contributed by atoms with Crippen molar-refractivity contribution < 1.29 is 4.42 Å². The van der Waals surface area contributed by atoms with Gasteiger partial charge < -0.3 is 8.98 Å². The second-order valence-electron chi connectivity index (χ2n) is 10.9. The summed E-state index contributed by atoms with van der Waals surface area (Å²) in [6, 6.07) is 46.2. The van der Waals surface area contributed by atoms with Gasteiger partial charge in [0, 0.05) is 64.2 Å². The number of nitrogens with zero attached hydrogens (tertiary/aromatic N) is 1. The van der Waals surface area contributed by atoms with Crippen LogP contribution >= 0.6 is 11.3 Å². The van der Waals surface area contributed by atoms with Crippen LogP contribution in [0.15, 0.2) is 132 Å². The molecule has 3 aromatic heterocycles. The standard InChI is InChI=1S/C38H21NOS/c1-2-11-26-25(10-1)35-29(19-20-34-37(35)28-13-5-8-16-33(28)41-34)38-36(26)27-12-3-6-14-30(27)39(38)22-17-18-24-23-9-4-7-15-31(23)40-32(24)21-22/h1-21H. The number of benzene rings is 7. The van der Waals surface area contributed by atoms with Crippen LogP contribution in [0, 0.1) is 0 Å². The molecule has 0 aliphatic carbocycles. The van der Waals surface area contributed by atoms with Crippen molar-refractivity contribution in [1.82, 2.24) is 4.57 Å². The maximum atomic E-state index is 6.36. The summed E-state index contributed by atoms with van der Waals surface area (Å²) in [5, 5.41) is 12.7. The summed E-state index contributed by atoms with van der Waals surface area (Å²) >= 11 is 1.88. The Hall–Kier alpha value is -5.12. The van der Waals surface area contributed by atoms with Gasteiger partial charge in [-0.1, -0.05) is 84.9 Å². The van der Waals surface area contributed by atoms with Crippen LogP contribution < -0.4 is 0 Å². The van der Waals surface area contributed by atoms with Crippen LogP contribution in [-0.4, -0.2) is 4.57 Å². The Bertz CT molecular complexity index is 2700. The summed E-state index contributed by atoms with van der Waals surface area (Å²) < 4.78 is 11.5. The van der Waals surface area contributed by atoms with Crippen molar-refractivity contribution in [1.29, 1.82) is 0 Å². The first kappa shape index (κ1) is 21.7. The monoisotopic (exact) mass is 539 g/mol. The average molecular weight is 540 g/mol. The van der Waals surface area contributed by atoms with Crippen LogP contribution in [0.1, 0.15) is 0 Å². The van der Waals surface area contributed by atoms with Crippen LogP contribution in [0.5, 0.6) is 0 Å². The Kier molecular flexibility index (Phi) is 4.10. The third kappa shape index (κ3) is 2.76. The normalized spacial score (nSPS) is 12.4. The summed E-state index contributed by atoms with van der Waals surface area (Å²) in [5.41, 5.74) is 5.38. The highest BCUT2D eigenvalue weighted by atomic mass is 32.1. The molecule has 0 amide bonds. The van der Waals surface area contributed by atoms with Gasteiger partial charge in [0.2, 0.25) is 0 Å². The van der Waals surface area contributed by atoms with Crippen molar-refractivity contribution in [3.63, 3.8) is 0 Å². The van der Waals surface area contributed by atoms with E-state index in [4.69, 9.17) is 4.42 Å². The maximum absolute atomic E-state index is 6.36. The zero-order chi connectivity index (χ0) is 26.7. The maximum Gasteiger partial charge on any atom is 0.137 e. The minimum absolute atomic E-state index is 0.908. The highest BCUT2D eigenvalue weighted by Gasteiger charge is 2.21. The summed E-state index contributed by atoms with van der Waals surface area (Å²) in [6.45, 7) is 0. The second-order valence-corrected chi connectivity index (χ2v) is 11.9. The van der Waals surface area contributed by atoms with Crippen LogP contribution in [0.4, 0.5) is 0 Å². The smallest absolute Gasteiger partial charge is 0.137 e. The van der Waals surface area contributed by atoms with Crippen LogP contribution in [0.25, 0.3) is 91.1 Å². The van der Waals surface area contributed by atoms with Crippen molar-refractivity contribution >= 4 is 96.8 Å². The molecule has 3 heteroatoms. The molecule has 0 bridgehead atoms. The number of hydrogen-bond donors (Lipinski definition) is 0.